The van der Waals surface area contributed by atoms with E-state index in [9.17, 15) is 14.9 Å². The predicted octanol–water partition coefficient (Wildman–Crippen LogP) is 4.83. The lowest BCUT2D eigenvalue weighted by Gasteiger charge is -2.38. The summed E-state index contributed by atoms with van der Waals surface area (Å²) in [7, 11) is 3.15. The van der Waals surface area contributed by atoms with Crippen molar-refractivity contribution < 1.29 is 28.7 Å². The third kappa shape index (κ3) is 5.05. The average Bonchev–Trinajstić information content (AvgIpc) is 2.91. The van der Waals surface area contributed by atoms with E-state index in [-0.39, 0.29) is 18.2 Å². The molecule has 0 fully saturated rings. The van der Waals surface area contributed by atoms with E-state index in [4.69, 9.17) is 18.9 Å². The number of ether oxygens (including phenoxy) is 4. The molecule has 9 heteroatoms. The SMILES string of the molecule is CCOc1ccccc1C(=O)N1CCc2cc(OC)c(OC)cc2C1COc1ccc([N+](=O)[O-])cc1. The number of non-ortho nitro benzene ring substituents is 1. The maximum atomic E-state index is 13.8. The molecule has 0 N–H and O–H groups in total. The Bertz CT molecular complexity index is 1240. The quantitative estimate of drug-likeness (QED) is 0.312. The highest BCUT2D eigenvalue weighted by Crippen LogP contribution is 2.39. The lowest BCUT2D eigenvalue weighted by Crippen LogP contribution is -2.42. The molecule has 0 aromatic heterocycles. The average molecular weight is 493 g/mol. The van der Waals surface area contributed by atoms with Gasteiger partial charge in [0.2, 0.25) is 0 Å². The van der Waals surface area contributed by atoms with Crippen LogP contribution >= 0.6 is 0 Å². The first kappa shape index (κ1) is 24.8. The molecular weight excluding hydrogens is 464 g/mol. The Labute approximate surface area is 209 Å². The van der Waals surface area contributed by atoms with Crippen LogP contribution in [0.5, 0.6) is 23.0 Å². The number of rotatable bonds is 9. The number of para-hydroxylation sites is 1. The van der Waals surface area contributed by atoms with Gasteiger partial charge in [0.1, 0.15) is 18.1 Å². The topological polar surface area (TPSA) is 100 Å². The van der Waals surface area contributed by atoms with Gasteiger partial charge in [-0.05, 0) is 60.9 Å². The second kappa shape index (κ2) is 11.0. The molecule has 3 aromatic rings. The number of carbonyl (C=O) groups is 1. The molecule has 1 aliphatic heterocycles. The van der Waals surface area contributed by atoms with Gasteiger partial charge in [-0.25, -0.2) is 0 Å². The Morgan fingerprint density at radius 1 is 1.00 bits per heavy atom. The molecule has 0 saturated heterocycles. The number of nitro benzene ring substituents is 1. The Morgan fingerprint density at radius 3 is 2.36 bits per heavy atom. The van der Waals surface area contributed by atoms with Crippen molar-refractivity contribution in [3.63, 3.8) is 0 Å². The first-order valence-corrected chi connectivity index (χ1v) is 11.6. The van der Waals surface area contributed by atoms with Crippen LogP contribution in [0.3, 0.4) is 0 Å². The third-order valence-electron chi connectivity index (χ3n) is 6.14. The van der Waals surface area contributed by atoms with Crippen LogP contribution in [0.25, 0.3) is 0 Å². The van der Waals surface area contributed by atoms with Crippen LogP contribution in [0.4, 0.5) is 5.69 Å². The second-order valence-electron chi connectivity index (χ2n) is 8.16. The van der Waals surface area contributed by atoms with Gasteiger partial charge in [-0.2, -0.15) is 0 Å². The molecule has 0 saturated carbocycles. The number of nitrogens with zero attached hydrogens (tertiary/aromatic N) is 2. The fraction of sp³-hybridized carbons (Fsp3) is 0.296. The van der Waals surface area contributed by atoms with Gasteiger partial charge in [0.25, 0.3) is 11.6 Å². The van der Waals surface area contributed by atoms with Crippen molar-refractivity contribution in [3.8, 4) is 23.0 Å². The summed E-state index contributed by atoms with van der Waals surface area (Å²) in [5.41, 5.74) is 2.38. The zero-order valence-electron chi connectivity index (χ0n) is 20.4. The van der Waals surface area contributed by atoms with Gasteiger partial charge in [-0.1, -0.05) is 12.1 Å². The summed E-state index contributed by atoms with van der Waals surface area (Å²) >= 11 is 0. The second-order valence-corrected chi connectivity index (χ2v) is 8.16. The lowest BCUT2D eigenvalue weighted by molar-refractivity contribution is -0.384. The van der Waals surface area contributed by atoms with Crippen LogP contribution in [0, 0.1) is 10.1 Å². The molecule has 9 nitrogen and oxygen atoms in total. The smallest absolute Gasteiger partial charge is 0.269 e. The fourth-order valence-electron chi connectivity index (χ4n) is 4.37. The molecule has 0 radical (unpaired) electrons. The number of methoxy groups -OCH3 is 2. The summed E-state index contributed by atoms with van der Waals surface area (Å²) in [4.78, 5) is 26.1. The highest BCUT2D eigenvalue weighted by atomic mass is 16.6. The molecule has 36 heavy (non-hydrogen) atoms. The monoisotopic (exact) mass is 492 g/mol. The van der Waals surface area contributed by atoms with Crippen LogP contribution in [0.2, 0.25) is 0 Å². The van der Waals surface area contributed by atoms with E-state index in [1.807, 2.05) is 31.2 Å². The number of benzene rings is 3. The number of carbonyl (C=O) groups excluding carboxylic acids is 1. The minimum absolute atomic E-state index is 0.0217. The van der Waals surface area contributed by atoms with Crippen LogP contribution in [0.15, 0.2) is 60.7 Å². The molecule has 3 aromatic carbocycles. The number of amides is 1. The van der Waals surface area contributed by atoms with Gasteiger partial charge in [0.05, 0.1) is 37.4 Å². The van der Waals surface area contributed by atoms with E-state index in [1.54, 1.807) is 43.4 Å². The molecule has 1 heterocycles. The summed E-state index contributed by atoms with van der Waals surface area (Å²) < 4.78 is 22.8. The van der Waals surface area contributed by atoms with Crippen molar-refractivity contribution in [2.45, 2.75) is 19.4 Å². The van der Waals surface area contributed by atoms with Gasteiger partial charge < -0.3 is 23.8 Å². The zero-order chi connectivity index (χ0) is 25.7. The summed E-state index contributed by atoms with van der Waals surface area (Å²) in [5.74, 6) is 2.00. The molecule has 0 aliphatic carbocycles. The number of fused-ring (bicyclic) bond motifs is 1. The fourth-order valence-corrected chi connectivity index (χ4v) is 4.37. The van der Waals surface area contributed by atoms with Crippen molar-refractivity contribution in [3.05, 3.63) is 87.5 Å². The molecule has 4 rings (SSSR count). The predicted molar refractivity (Wildman–Crippen MR) is 133 cm³/mol. The number of hydrogen-bond acceptors (Lipinski definition) is 7. The first-order chi connectivity index (χ1) is 17.5. The van der Waals surface area contributed by atoms with Crippen LogP contribution in [0.1, 0.15) is 34.5 Å². The Balaban J connectivity index is 1.70. The normalized spacial score (nSPS) is 14.5. The summed E-state index contributed by atoms with van der Waals surface area (Å²) in [5, 5.41) is 11.0. The Morgan fingerprint density at radius 2 is 1.69 bits per heavy atom. The summed E-state index contributed by atoms with van der Waals surface area (Å²) in [6.45, 7) is 2.93. The summed E-state index contributed by atoms with van der Waals surface area (Å²) in [6.07, 6.45) is 0.631. The highest BCUT2D eigenvalue weighted by Gasteiger charge is 2.34. The number of hydrogen-bond donors (Lipinski definition) is 0. The first-order valence-electron chi connectivity index (χ1n) is 11.6. The van der Waals surface area contributed by atoms with E-state index in [0.29, 0.717) is 48.1 Å². The van der Waals surface area contributed by atoms with Gasteiger partial charge in [0, 0.05) is 18.7 Å². The van der Waals surface area contributed by atoms with Crippen molar-refractivity contribution in [2.75, 3.05) is 34.0 Å². The Kier molecular flexibility index (Phi) is 7.58. The van der Waals surface area contributed by atoms with E-state index in [1.165, 1.54) is 12.1 Å². The van der Waals surface area contributed by atoms with E-state index in [2.05, 4.69) is 0 Å². The maximum Gasteiger partial charge on any atom is 0.269 e. The standard InChI is InChI=1S/C27H28N2O7/c1-4-35-24-8-6-5-7-21(24)27(30)28-14-13-18-15-25(33-2)26(34-3)16-22(18)23(28)17-36-20-11-9-19(10-12-20)29(31)32/h5-12,15-16,23H,4,13-14,17H2,1-3H3. The van der Waals surface area contributed by atoms with Crippen molar-refractivity contribution in [1.29, 1.82) is 0 Å². The Hall–Kier alpha value is -4.27. The van der Waals surface area contributed by atoms with E-state index < -0.39 is 11.0 Å². The minimum atomic E-state index is -0.461. The van der Waals surface area contributed by atoms with E-state index in [0.717, 1.165) is 11.1 Å². The van der Waals surface area contributed by atoms with Crippen molar-refractivity contribution >= 4 is 11.6 Å². The van der Waals surface area contributed by atoms with Crippen molar-refractivity contribution in [1.82, 2.24) is 4.90 Å². The van der Waals surface area contributed by atoms with Crippen molar-refractivity contribution in [2.24, 2.45) is 0 Å². The molecule has 1 atom stereocenters. The van der Waals surface area contributed by atoms with Crippen LogP contribution < -0.4 is 18.9 Å². The van der Waals surface area contributed by atoms with Crippen LogP contribution in [-0.2, 0) is 6.42 Å². The zero-order valence-corrected chi connectivity index (χ0v) is 20.4. The molecule has 0 bridgehead atoms. The van der Waals surface area contributed by atoms with Gasteiger partial charge in [-0.3, -0.25) is 14.9 Å². The lowest BCUT2D eigenvalue weighted by atomic mass is 9.91. The molecule has 188 valence electrons. The molecule has 1 aliphatic rings. The molecule has 1 amide bonds. The van der Waals surface area contributed by atoms with E-state index >= 15 is 0 Å². The maximum absolute atomic E-state index is 13.8. The van der Waals surface area contributed by atoms with Crippen LogP contribution in [-0.4, -0.2) is 49.7 Å². The third-order valence-corrected chi connectivity index (χ3v) is 6.14. The van der Waals surface area contributed by atoms with Gasteiger partial charge in [-0.15, -0.1) is 0 Å². The largest absolute Gasteiger partial charge is 0.493 e. The van der Waals surface area contributed by atoms with Gasteiger partial charge >= 0.3 is 0 Å². The number of nitro groups is 1. The molecular formula is C27H28N2O7. The molecule has 0 spiro atoms. The molecule has 1 unspecified atom stereocenters. The summed E-state index contributed by atoms with van der Waals surface area (Å²) in [6, 6.07) is 16.4. The highest BCUT2D eigenvalue weighted by molar-refractivity contribution is 5.97. The van der Waals surface area contributed by atoms with Gasteiger partial charge in [0.15, 0.2) is 11.5 Å². The minimum Gasteiger partial charge on any atom is -0.493 e.